The van der Waals surface area contributed by atoms with Crippen LogP contribution >= 0.6 is 11.6 Å². The Morgan fingerprint density at radius 3 is 2.48 bits per heavy atom. The zero-order chi connectivity index (χ0) is 25.2. The first-order chi connectivity index (χ1) is 15.2. The Bertz CT molecular complexity index is 1020. The van der Waals surface area contributed by atoms with Crippen molar-refractivity contribution in [2.24, 2.45) is 0 Å². The van der Waals surface area contributed by atoms with Crippen LogP contribution in [0.25, 0.3) is 0 Å². The molecule has 1 fully saturated rings. The second-order valence-corrected chi connectivity index (χ2v) is 9.31. The van der Waals surface area contributed by atoms with Crippen LogP contribution in [0.3, 0.4) is 0 Å². The smallest absolute Gasteiger partial charge is 0.426 e. The van der Waals surface area contributed by atoms with Crippen LogP contribution < -0.4 is 5.43 Å². The van der Waals surface area contributed by atoms with Crippen LogP contribution in [0.15, 0.2) is 12.1 Å². The molecular formula is C18H22ClN3O10S. The number of carboxylic acids is 1. The van der Waals surface area contributed by atoms with Crippen molar-refractivity contribution in [1.82, 2.24) is 15.3 Å². The first-order valence-electron chi connectivity index (χ1n) is 9.29. The summed E-state index contributed by atoms with van der Waals surface area (Å²) in [7, 11) is 1.10. The normalized spacial score (nSPS) is 19.0. The Morgan fingerprint density at radius 2 is 2.00 bits per heavy atom. The lowest BCUT2D eigenvalue weighted by Gasteiger charge is -2.47. The molecule has 1 aromatic rings. The molecule has 2 rings (SSSR count). The first kappa shape index (κ1) is 26.2. The maximum atomic E-state index is 12.4. The standard InChI is InChI=1S/C18H22ClN3O10S/c1-8-6-11(24)22(8)14(16(27)28)18(2,33(30)31)7-32-17(29)20-21(3)15(26)9-4-5-10(23)13(25)12(9)19/h4-5,8,14,23,25H,6-7H2,1-3H3,(H,20,29)(H,27,28)(H,30,31)/t8-,14+,18+/m1/s1. The average molecular weight is 508 g/mol. The number of nitrogens with zero attached hydrogens (tertiary/aromatic N) is 2. The van der Waals surface area contributed by atoms with Crippen molar-refractivity contribution in [3.63, 3.8) is 0 Å². The molecule has 182 valence electrons. The minimum Gasteiger partial charge on any atom is -0.504 e. The third-order valence-corrected chi connectivity index (χ3v) is 6.62. The van der Waals surface area contributed by atoms with Crippen molar-refractivity contribution in [2.45, 2.75) is 37.1 Å². The van der Waals surface area contributed by atoms with Crippen LogP contribution in [0, 0.1) is 0 Å². The lowest BCUT2D eigenvalue weighted by molar-refractivity contribution is -0.163. The van der Waals surface area contributed by atoms with Crippen LogP contribution in [0.2, 0.25) is 5.02 Å². The minimum absolute atomic E-state index is 0.0710. The van der Waals surface area contributed by atoms with E-state index in [-0.39, 0.29) is 12.0 Å². The van der Waals surface area contributed by atoms with Gasteiger partial charge in [-0.3, -0.25) is 14.6 Å². The molecule has 15 heteroatoms. The number of aliphatic carboxylic acids is 1. The Kier molecular flexibility index (Phi) is 7.77. The van der Waals surface area contributed by atoms with Gasteiger partial charge < -0.3 is 29.5 Å². The molecule has 0 aliphatic carbocycles. The van der Waals surface area contributed by atoms with Crippen molar-refractivity contribution < 1.29 is 48.0 Å². The molecule has 13 nitrogen and oxygen atoms in total. The summed E-state index contributed by atoms with van der Waals surface area (Å²) >= 11 is 2.97. The van der Waals surface area contributed by atoms with Gasteiger partial charge in [-0.1, -0.05) is 11.6 Å². The number of phenols is 2. The number of aromatic hydroxyl groups is 2. The molecule has 0 radical (unpaired) electrons. The molecule has 1 aliphatic rings. The van der Waals surface area contributed by atoms with Crippen LogP contribution in [-0.2, 0) is 25.4 Å². The van der Waals surface area contributed by atoms with Gasteiger partial charge >= 0.3 is 12.1 Å². The lowest BCUT2D eigenvalue weighted by Crippen LogP contribution is -2.68. The van der Waals surface area contributed by atoms with E-state index >= 15 is 0 Å². The van der Waals surface area contributed by atoms with Crippen LogP contribution in [-0.4, -0.2) is 88.4 Å². The Morgan fingerprint density at radius 1 is 1.39 bits per heavy atom. The van der Waals surface area contributed by atoms with Crippen molar-refractivity contribution in [2.75, 3.05) is 13.7 Å². The molecule has 5 N–H and O–H groups in total. The second kappa shape index (κ2) is 9.80. The fourth-order valence-electron chi connectivity index (χ4n) is 3.22. The number of hydrazine groups is 1. The van der Waals surface area contributed by atoms with E-state index in [0.29, 0.717) is 5.01 Å². The third kappa shape index (κ3) is 5.12. The zero-order valence-electron chi connectivity index (χ0n) is 17.6. The second-order valence-electron chi connectivity index (χ2n) is 7.50. The number of hydrogen-bond donors (Lipinski definition) is 5. The van der Waals surface area contributed by atoms with E-state index in [1.54, 1.807) is 6.92 Å². The van der Waals surface area contributed by atoms with E-state index in [4.69, 9.17) is 16.3 Å². The SMILES string of the molecule is C[C@@H]1CC(=O)N1[C@@H](C(=O)O)[C@](C)(COC(=O)NN(C)C(=O)c1ccc(O)c(O)c1Cl)S(=O)O. The predicted molar refractivity (Wildman–Crippen MR) is 113 cm³/mol. The first-order valence-corrected chi connectivity index (χ1v) is 10.8. The number of nitrogens with one attached hydrogen (secondary N) is 1. The molecule has 1 saturated heterocycles. The van der Waals surface area contributed by atoms with Gasteiger partial charge in [0, 0.05) is 19.5 Å². The van der Waals surface area contributed by atoms with E-state index in [1.165, 1.54) is 0 Å². The molecule has 1 aromatic carbocycles. The molecule has 0 saturated carbocycles. The maximum absolute atomic E-state index is 12.4. The molecule has 0 bridgehead atoms. The molecule has 0 aromatic heterocycles. The number of hydrogen-bond acceptors (Lipinski definition) is 8. The van der Waals surface area contributed by atoms with Gasteiger partial charge in [-0.15, -0.1) is 0 Å². The van der Waals surface area contributed by atoms with Crippen LogP contribution in [0.5, 0.6) is 11.5 Å². The molecular weight excluding hydrogens is 486 g/mol. The van der Waals surface area contributed by atoms with Gasteiger partial charge in [0.15, 0.2) is 28.6 Å². The Balaban J connectivity index is 2.12. The molecule has 1 aliphatic heterocycles. The summed E-state index contributed by atoms with van der Waals surface area (Å²) < 4.78 is 24.6. The average Bonchev–Trinajstić information content (AvgIpc) is 2.73. The lowest BCUT2D eigenvalue weighted by atomic mass is 9.92. The number of carbonyl (C=O) groups is 4. The highest BCUT2D eigenvalue weighted by Gasteiger charge is 2.54. The topological polar surface area (TPSA) is 194 Å². The number of ether oxygens (including phenoxy) is 1. The number of likely N-dealkylation sites (tertiary alicyclic amines) is 1. The quantitative estimate of drug-likeness (QED) is 0.150. The largest absolute Gasteiger partial charge is 0.504 e. The number of carboxylic acid groups (broad SMARTS) is 1. The molecule has 0 spiro atoms. The van der Waals surface area contributed by atoms with Gasteiger partial charge in [-0.25, -0.2) is 19.2 Å². The highest BCUT2D eigenvalue weighted by atomic mass is 35.5. The number of β-lactam (4-membered cyclic amide) rings is 1. The zero-order valence-corrected chi connectivity index (χ0v) is 19.2. The maximum Gasteiger partial charge on any atom is 0.426 e. The van der Waals surface area contributed by atoms with Crippen molar-refractivity contribution >= 4 is 46.6 Å². The van der Waals surface area contributed by atoms with E-state index < -0.39 is 74.9 Å². The summed E-state index contributed by atoms with van der Waals surface area (Å²) in [6.07, 6.45) is -1.21. The van der Waals surface area contributed by atoms with Crippen LogP contribution in [0.1, 0.15) is 30.6 Å². The van der Waals surface area contributed by atoms with Crippen molar-refractivity contribution in [3.8, 4) is 11.5 Å². The predicted octanol–water partition coefficient (Wildman–Crippen LogP) is 0.519. The third-order valence-electron chi connectivity index (χ3n) is 5.10. The molecule has 3 amide bonds. The van der Waals surface area contributed by atoms with Gasteiger partial charge in [0.05, 0.1) is 10.6 Å². The number of benzene rings is 1. The molecule has 33 heavy (non-hydrogen) atoms. The molecule has 1 unspecified atom stereocenters. The number of halogens is 1. The van der Waals surface area contributed by atoms with Gasteiger partial charge in [-0.2, -0.15) is 0 Å². The Labute approximate surface area is 195 Å². The number of amides is 3. The van der Waals surface area contributed by atoms with Gasteiger partial charge in [0.2, 0.25) is 5.91 Å². The van der Waals surface area contributed by atoms with E-state index in [9.17, 15) is 43.3 Å². The fourth-order valence-corrected chi connectivity index (χ4v) is 4.02. The number of rotatable bonds is 7. The highest BCUT2D eigenvalue weighted by Crippen LogP contribution is 2.36. The van der Waals surface area contributed by atoms with Crippen molar-refractivity contribution in [3.05, 3.63) is 22.7 Å². The minimum atomic E-state index is -2.84. The number of carbonyl (C=O) groups excluding carboxylic acids is 3. The van der Waals surface area contributed by atoms with E-state index in [0.717, 1.165) is 31.0 Å². The molecule has 4 atom stereocenters. The highest BCUT2D eigenvalue weighted by molar-refractivity contribution is 7.80. The van der Waals surface area contributed by atoms with E-state index in [2.05, 4.69) is 0 Å². The van der Waals surface area contributed by atoms with Crippen molar-refractivity contribution in [1.29, 1.82) is 0 Å². The number of phenolic OH excluding ortho intramolecular Hbond substituents is 2. The monoisotopic (exact) mass is 507 g/mol. The van der Waals surface area contributed by atoms with Crippen LogP contribution in [0.4, 0.5) is 4.79 Å². The Hall–Kier alpha value is -3.10. The summed E-state index contributed by atoms with van der Waals surface area (Å²) in [6.45, 7) is 1.75. The van der Waals surface area contributed by atoms with Gasteiger partial charge in [-0.05, 0) is 26.0 Å². The molecule has 1 heterocycles. The van der Waals surface area contributed by atoms with Gasteiger partial charge in [0.1, 0.15) is 11.4 Å². The summed E-state index contributed by atoms with van der Waals surface area (Å²) in [5.41, 5.74) is 1.73. The summed E-state index contributed by atoms with van der Waals surface area (Å²) in [4.78, 5) is 49.3. The summed E-state index contributed by atoms with van der Waals surface area (Å²) in [6, 6.07) is -0.152. The summed E-state index contributed by atoms with van der Waals surface area (Å²) in [5, 5.41) is 28.8. The fraction of sp³-hybridized carbons (Fsp3) is 0.444. The summed E-state index contributed by atoms with van der Waals surface area (Å²) in [5.74, 6) is -4.31. The van der Waals surface area contributed by atoms with Gasteiger partial charge in [0.25, 0.3) is 5.91 Å². The van der Waals surface area contributed by atoms with E-state index in [1.807, 2.05) is 5.43 Å².